The molecule has 0 amide bonds. The summed E-state index contributed by atoms with van der Waals surface area (Å²) in [5.41, 5.74) is 6.02. The molecule has 0 aliphatic carbocycles. The Hall–Kier alpha value is -1.41. The zero-order valence-electron chi connectivity index (χ0n) is 19.7. The molecule has 2 aromatic carbocycles. The summed E-state index contributed by atoms with van der Waals surface area (Å²) in [6.07, 6.45) is 3.64. The van der Waals surface area contributed by atoms with Crippen LogP contribution in [0.15, 0.2) is 46.2 Å². The molecule has 0 saturated carbocycles. The second kappa shape index (κ2) is 8.38. The van der Waals surface area contributed by atoms with Crippen molar-refractivity contribution in [2.24, 2.45) is 5.92 Å². The molecule has 0 unspecified atom stereocenters. The van der Waals surface area contributed by atoms with Crippen LogP contribution in [0.3, 0.4) is 0 Å². The van der Waals surface area contributed by atoms with E-state index in [1.165, 1.54) is 51.6 Å². The average molecular weight is 410 g/mol. The van der Waals surface area contributed by atoms with Gasteiger partial charge >= 0.3 is 0 Å². The SMILES string of the molecule is CCCC(C)(C)c1ccc2c(c1)Sc1cc(C(C)(C)C)ccc1N2CCC(C)C. The van der Waals surface area contributed by atoms with E-state index in [2.05, 4.69) is 96.7 Å². The smallest absolute Gasteiger partial charge is 0.0553 e. The van der Waals surface area contributed by atoms with Crippen molar-refractivity contribution in [3.8, 4) is 0 Å². The quantitative estimate of drug-likeness (QED) is 0.469. The summed E-state index contributed by atoms with van der Waals surface area (Å²) in [7, 11) is 0. The van der Waals surface area contributed by atoms with Crippen molar-refractivity contribution in [3.63, 3.8) is 0 Å². The van der Waals surface area contributed by atoms with Gasteiger partial charge in [-0.05, 0) is 65.0 Å². The molecule has 158 valence electrons. The molecule has 0 N–H and O–H groups in total. The number of benzene rings is 2. The molecule has 2 heteroatoms. The molecule has 1 aliphatic rings. The molecular weight excluding hydrogens is 370 g/mol. The fraction of sp³-hybridized carbons (Fsp3) is 0.556. The predicted octanol–water partition coefficient (Wildman–Crippen LogP) is 8.71. The third-order valence-corrected chi connectivity index (χ3v) is 7.27. The standard InChI is InChI=1S/C27H39NS/c1-9-15-27(7,8)21-11-13-23-25(18-21)29-24-17-20(26(4,5)6)10-12-22(24)28(23)16-14-19(2)3/h10-13,17-19H,9,14-16H2,1-8H3. The number of anilines is 2. The van der Waals surface area contributed by atoms with E-state index in [9.17, 15) is 0 Å². The van der Waals surface area contributed by atoms with Crippen molar-refractivity contribution in [2.45, 2.75) is 95.3 Å². The molecule has 1 nitrogen and oxygen atoms in total. The lowest BCUT2D eigenvalue weighted by Crippen LogP contribution is -2.24. The molecule has 29 heavy (non-hydrogen) atoms. The number of hydrogen-bond donors (Lipinski definition) is 0. The van der Waals surface area contributed by atoms with Gasteiger partial charge in [-0.15, -0.1) is 0 Å². The van der Waals surface area contributed by atoms with Crippen molar-refractivity contribution in [1.82, 2.24) is 0 Å². The first-order valence-corrected chi connectivity index (χ1v) is 12.1. The van der Waals surface area contributed by atoms with Crippen molar-refractivity contribution in [2.75, 3.05) is 11.4 Å². The van der Waals surface area contributed by atoms with E-state index in [4.69, 9.17) is 0 Å². The Bertz CT molecular complexity index is 857. The van der Waals surface area contributed by atoms with Crippen molar-refractivity contribution >= 4 is 23.1 Å². The van der Waals surface area contributed by atoms with Gasteiger partial charge in [-0.2, -0.15) is 0 Å². The highest BCUT2D eigenvalue weighted by atomic mass is 32.2. The largest absolute Gasteiger partial charge is 0.340 e. The van der Waals surface area contributed by atoms with Crippen molar-refractivity contribution < 1.29 is 0 Å². The van der Waals surface area contributed by atoms with Crippen LogP contribution in [0.5, 0.6) is 0 Å². The monoisotopic (exact) mass is 409 g/mol. The minimum Gasteiger partial charge on any atom is -0.340 e. The summed E-state index contributed by atoms with van der Waals surface area (Å²) in [5.74, 6) is 0.702. The van der Waals surface area contributed by atoms with Gasteiger partial charge in [0, 0.05) is 16.3 Å². The predicted molar refractivity (Wildman–Crippen MR) is 130 cm³/mol. The molecule has 2 aromatic rings. The van der Waals surface area contributed by atoms with Gasteiger partial charge < -0.3 is 4.90 Å². The molecular formula is C27H39NS. The summed E-state index contributed by atoms with van der Waals surface area (Å²) in [5, 5.41) is 0. The fourth-order valence-corrected chi connectivity index (χ4v) is 5.35. The molecule has 0 atom stereocenters. The van der Waals surface area contributed by atoms with Crippen LogP contribution < -0.4 is 4.90 Å². The molecule has 0 fully saturated rings. The lowest BCUT2D eigenvalue weighted by Gasteiger charge is -2.36. The van der Waals surface area contributed by atoms with E-state index in [0.29, 0.717) is 5.92 Å². The molecule has 0 spiro atoms. The van der Waals surface area contributed by atoms with Gasteiger partial charge in [0.1, 0.15) is 0 Å². The lowest BCUT2D eigenvalue weighted by molar-refractivity contribution is 0.472. The van der Waals surface area contributed by atoms with Gasteiger partial charge in [-0.3, -0.25) is 0 Å². The minimum atomic E-state index is 0.170. The second-order valence-corrected chi connectivity index (χ2v) is 11.8. The Morgan fingerprint density at radius 3 is 1.93 bits per heavy atom. The molecule has 0 aromatic heterocycles. The van der Waals surface area contributed by atoms with Crippen LogP contribution in [0.1, 0.15) is 85.8 Å². The second-order valence-electron chi connectivity index (χ2n) is 10.7. The first-order chi connectivity index (χ1) is 13.5. The van der Waals surface area contributed by atoms with Gasteiger partial charge in [0.15, 0.2) is 0 Å². The first kappa shape index (κ1) is 22.3. The highest BCUT2D eigenvalue weighted by Gasteiger charge is 2.28. The van der Waals surface area contributed by atoms with Crippen LogP contribution in [0.2, 0.25) is 0 Å². The number of rotatable bonds is 6. The minimum absolute atomic E-state index is 0.170. The normalized spacial score (nSPS) is 14.2. The Labute approximate surface area is 183 Å². The molecule has 3 rings (SSSR count). The topological polar surface area (TPSA) is 3.24 Å². The van der Waals surface area contributed by atoms with Crippen molar-refractivity contribution in [1.29, 1.82) is 0 Å². The van der Waals surface area contributed by atoms with E-state index < -0.39 is 0 Å². The van der Waals surface area contributed by atoms with Crippen LogP contribution in [0.25, 0.3) is 0 Å². The fourth-order valence-electron chi connectivity index (χ4n) is 4.17. The molecule has 1 aliphatic heterocycles. The lowest BCUT2D eigenvalue weighted by atomic mass is 9.80. The van der Waals surface area contributed by atoms with Gasteiger partial charge in [0.05, 0.1) is 11.4 Å². The molecule has 0 saturated heterocycles. The van der Waals surface area contributed by atoms with Gasteiger partial charge in [0.2, 0.25) is 0 Å². The Morgan fingerprint density at radius 1 is 0.862 bits per heavy atom. The van der Waals surface area contributed by atoms with E-state index in [-0.39, 0.29) is 10.8 Å². The highest BCUT2D eigenvalue weighted by Crippen LogP contribution is 2.50. The van der Waals surface area contributed by atoms with Crippen LogP contribution >= 0.6 is 11.8 Å². The third-order valence-electron chi connectivity index (χ3n) is 6.17. The number of hydrogen-bond acceptors (Lipinski definition) is 2. The Kier molecular flexibility index (Phi) is 6.44. The Balaban J connectivity index is 2.06. The van der Waals surface area contributed by atoms with Gasteiger partial charge in [-0.1, -0.05) is 85.7 Å². The molecule has 1 heterocycles. The van der Waals surface area contributed by atoms with E-state index in [0.717, 1.165) is 6.54 Å². The maximum absolute atomic E-state index is 2.56. The van der Waals surface area contributed by atoms with E-state index >= 15 is 0 Å². The van der Waals surface area contributed by atoms with Gasteiger partial charge in [0.25, 0.3) is 0 Å². The first-order valence-electron chi connectivity index (χ1n) is 11.3. The van der Waals surface area contributed by atoms with Crippen LogP contribution in [0, 0.1) is 5.92 Å². The van der Waals surface area contributed by atoms with Gasteiger partial charge in [-0.25, -0.2) is 0 Å². The maximum atomic E-state index is 2.56. The zero-order valence-corrected chi connectivity index (χ0v) is 20.5. The maximum Gasteiger partial charge on any atom is 0.0553 e. The third kappa shape index (κ3) is 4.85. The average Bonchev–Trinajstić information content (AvgIpc) is 2.63. The molecule has 0 radical (unpaired) electrons. The van der Waals surface area contributed by atoms with Crippen LogP contribution in [-0.2, 0) is 10.8 Å². The number of nitrogens with zero attached hydrogens (tertiary/aromatic N) is 1. The summed E-state index contributed by atoms with van der Waals surface area (Å²) in [4.78, 5) is 5.37. The van der Waals surface area contributed by atoms with Crippen LogP contribution in [-0.4, -0.2) is 6.54 Å². The highest BCUT2D eigenvalue weighted by molar-refractivity contribution is 7.99. The van der Waals surface area contributed by atoms with E-state index in [1.807, 2.05) is 11.8 Å². The summed E-state index contributed by atoms with van der Waals surface area (Å²) >= 11 is 1.96. The van der Waals surface area contributed by atoms with E-state index in [1.54, 1.807) is 0 Å². The summed E-state index contributed by atoms with van der Waals surface area (Å²) in [6.45, 7) is 19.7. The number of fused-ring (bicyclic) bond motifs is 2. The van der Waals surface area contributed by atoms with Crippen molar-refractivity contribution in [3.05, 3.63) is 47.5 Å². The zero-order chi connectivity index (χ0) is 21.4. The summed E-state index contributed by atoms with van der Waals surface area (Å²) in [6, 6.07) is 14.3. The molecule has 0 bridgehead atoms. The summed E-state index contributed by atoms with van der Waals surface area (Å²) < 4.78 is 0. The Morgan fingerprint density at radius 2 is 1.41 bits per heavy atom. The van der Waals surface area contributed by atoms with Crippen LogP contribution in [0.4, 0.5) is 11.4 Å².